The van der Waals surface area contributed by atoms with Crippen LogP contribution in [0.4, 0.5) is 0 Å². The standard InChI is InChI=1S/C21H32N2O2/c1-4-6-8-10-17(3)22-15-19-16-25-21(23-19)18-11-9-12-20(14-18)24-13-7-5-2/h9,11-12,14,16-17,22H,4-8,10,13,15H2,1-3H3. The summed E-state index contributed by atoms with van der Waals surface area (Å²) in [5, 5.41) is 3.52. The monoisotopic (exact) mass is 344 g/mol. The molecular formula is C21H32N2O2. The zero-order chi connectivity index (χ0) is 17.9. The number of unbranched alkanes of at least 4 members (excludes halogenated alkanes) is 3. The van der Waals surface area contributed by atoms with Gasteiger partial charge in [0.2, 0.25) is 5.89 Å². The molecule has 2 aromatic rings. The van der Waals surface area contributed by atoms with Crippen LogP contribution in [0, 0.1) is 0 Å². The SMILES string of the molecule is CCCCCC(C)NCc1coc(-c2cccc(OCCCC)c2)n1. The maximum absolute atomic E-state index is 5.76. The minimum Gasteiger partial charge on any atom is -0.494 e. The molecule has 1 N–H and O–H groups in total. The first-order valence-electron chi connectivity index (χ1n) is 9.64. The molecule has 0 aliphatic carbocycles. The highest BCUT2D eigenvalue weighted by molar-refractivity contribution is 5.56. The van der Waals surface area contributed by atoms with E-state index in [0.29, 0.717) is 11.9 Å². The summed E-state index contributed by atoms with van der Waals surface area (Å²) in [6, 6.07) is 8.45. The average molecular weight is 344 g/mol. The van der Waals surface area contributed by atoms with Gasteiger partial charge in [0.05, 0.1) is 12.3 Å². The fraction of sp³-hybridized carbons (Fsp3) is 0.571. The number of nitrogens with zero attached hydrogens (tertiary/aromatic N) is 1. The maximum atomic E-state index is 5.76. The topological polar surface area (TPSA) is 47.3 Å². The summed E-state index contributed by atoms with van der Waals surface area (Å²) in [6.45, 7) is 8.11. The number of oxazole rings is 1. The molecule has 0 bridgehead atoms. The summed E-state index contributed by atoms with van der Waals surface area (Å²) in [7, 11) is 0. The van der Waals surface area contributed by atoms with Gasteiger partial charge >= 0.3 is 0 Å². The highest BCUT2D eigenvalue weighted by atomic mass is 16.5. The van der Waals surface area contributed by atoms with Gasteiger partial charge < -0.3 is 14.5 Å². The smallest absolute Gasteiger partial charge is 0.226 e. The fourth-order valence-electron chi connectivity index (χ4n) is 2.66. The van der Waals surface area contributed by atoms with E-state index >= 15 is 0 Å². The van der Waals surface area contributed by atoms with Crippen molar-refractivity contribution in [1.29, 1.82) is 0 Å². The van der Waals surface area contributed by atoms with E-state index in [0.717, 1.165) is 43.0 Å². The molecule has 0 saturated carbocycles. The third-order valence-corrected chi connectivity index (χ3v) is 4.27. The van der Waals surface area contributed by atoms with Crippen molar-refractivity contribution in [2.45, 2.75) is 71.9 Å². The third kappa shape index (κ3) is 6.91. The number of hydrogen-bond acceptors (Lipinski definition) is 4. The number of ether oxygens (including phenoxy) is 1. The molecule has 1 aromatic heterocycles. The van der Waals surface area contributed by atoms with Crippen molar-refractivity contribution in [2.75, 3.05) is 6.61 Å². The van der Waals surface area contributed by atoms with E-state index in [-0.39, 0.29) is 0 Å². The Balaban J connectivity index is 1.87. The summed E-state index contributed by atoms with van der Waals surface area (Å²) in [5.41, 5.74) is 1.89. The quantitative estimate of drug-likeness (QED) is 0.511. The molecule has 25 heavy (non-hydrogen) atoms. The lowest BCUT2D eigenvalue weighted by Gasteiger charge is -2.11. The van der Waals surface area contributed by atoms with E-state index in [1.807, 2.05) is 24.3 Å². The Morgan fingerprint density at radius 2 is 2.00 bits per heavy atom. The van der Waals surface area contributed by atoms with Gasteiger partial charge in [-0.15, -0.1) is 0 Å². The van der Waals surface area contributed by atoms with Gasteiger partial charge in [0.15, 0.2) is 0 Å². The Kier molecular flexibility index (Phi) is 8.53. The first kappa shape index (κ1) is 19.5. The van der Waals surface area contributed by atoms with Crippen LogP contribution in [0.1, 0.15) is 65.0 Å². The Labute approximate surface area is 152 Å². The molecule has 0 fully saturated rings. The second kappa shape index (κ2) is 10.9. The van der Waals surface area contributed by atoms with E-state index in [2.05, 4.69) is 31.1 Å². The van der Waals surface area contributed by atoms with Gasteiger partial charge in [-0.25, -0.2) is 4.98 Å². The van der Waals surface area contributed by atoms with E-state index in [4.69, 9.17) is 9.15 Å². The zero-order valence-electron chi connectivity index (χ0n) is 15.9. The second-order valence-corrected chi connectivity index (χ2v) is 6.65. The van der Waals surface area contributed by atoms with E-state index in [1.54, 1.807) is 6.26 Å². The molecule has 0 radical (unpaired) electrons. The van der Waals surface area contributed by atoms with Crippen LogP contribution < -0.4 is 10.1 Å². The number of aromatic nitrogens is 1. The molecule has 1 heterocycles. The summed E-state index contributed by atoms with van der Waals surface area (Å²) in [4.78, 5) is 4.60. The molecule has 0 aliphatic heterocycles. The van der Waals surface area contributed by atoms with Crippen molar-refractivity contribution in [1.82, 2.24) is 10.3 Å². The largest absolute Gasteiger partial charge is 0.494 e. The number of hydrogen-bond donors (Lipinski definition) is 1. The summed E-state index contributed by atoms with van der Waals surface area (Å²) in [5.74, 6) is 1.52. The van der Waals surface area contributed by atoms with Gasteiger partial charge in [0.25, 0.3) is 0 Å². The van der Waals surface area contributed by atoms with Crippen molar-refractivity contribution >= 4 is 0 Å². The molecule has 1 unspecified atom stereocenters. The molecule has 1 aromatic carbocycles. The van der Waals surface area contributed by atoms with Crippen molar-refractivity contribution in [3.8, 4) is 17.2 Å². The Morgan fingerprint density at radius 1 is 1.16 bits per heavy atom. The van der Waals surface area contributed by atoms with Gasteiger partial charge in [-0.05, 0) is 38.0 Å². The number of rotatable bonds is 12. The molecule has 1 atom stereocenters. The number of benzene rings is 1. The Hall–Kier alpha value is -1.81. The van der Waals surface area contributed by atoms with Gasteiger partial charge in [-0.1, -0.05) is 45.6 Å². The second-order valence-electron chi connectivity index (χ2n) is 6.65. The van der Waals surface area contributed by atoms with E-state index < -0.39 is 0 Å². The summed E-state index contributed by atoms with van der Waals surface area (Å²) in [6.07, 6.45) is 8.99. The van der Waals surface area contributed by atoms with Crippen LogP contribution in [0.2, 0.25) is 0 Å². The lowest BCUT2D eigenvalue weighted by Crippen LogP contribution is -2.25. The molecule has 2 rings (SSSR count). The first-order valence-corrected chi connectivity index (χ1v) is 9.64. The van der Waals surface area contributed by atoms with Crippen molar-refractivity contribution < 1.29 is 9.15 Å². The zero-order valence-corrected chi connectivity index (χ0v) is 15.9. The van der Waals surface area contributed by atoms with Crippen LogP contribution in [-0.4, -0.2) is 17.6 Å². The minimum absolute atomic E-state index is 0.502. The average Bonchev–Trinajstić information content (AvgIpc) is 3.10. The molecule has 4 heteroatoms. The van der Waals surface area contributed by atoms with E-state index in [9.17, 15) is 0 Å². The van der Waals surface area contributed by atoms with Crippen LogP contribution in [0.5, 0.6) is 5.75 Å². The minimum atomic E-state index is 0.502. The highest BCUT2D eigenvalue weighted by Crippen LogP contribution is 2.23. The van der Waals surface area contributed by atoms with Crippen molar-refractivity contribution in [2.24, 2.45) is 0 Å². The predicted octanol–water partition coefficient (Wildman–Crippen LogP) is 5.58. The van der Waals surface area contributed by atoms with Crippen LogP contribution in [0.25, 0.3) is 11.5 Å². The highest BCUT2D eigenvalue weighted by Gasteiger charge is 2.09. The molecule has 0 aliphatic rings. The van der Waals surface area contributed by atoms with E-state index in [1.165, 1.54) is 25.7 Å². The first-order chi connectivity index (χ1) is 12.2. The molecule has 0 amide bonds. The Morgan fingerprint density at radius 3 is 2.80 bits per heavy atom. The van der Waals surface area contributed by atoms with Gasteiger partial charge in [-0.2, -0.15) is 0 Å². The number of nitrogens with one attached hydrogen (secondary N) is 1. The van der Waals surface area contributed by atoms with Gasteiger partial charge in [-0.3, -0.25) is 0 Å². The Bertz CT molecular complexity index is 609. The van der Waals surface area contributed by atoms with Crippen molar-refractivity contribution in [3.63, 3.8) is 0 Å². The lowest BCUT2D eigenvalue weighted by molar-refractivity contribution is 0.309. The molecule has 4 nitrogen and oxygen atoms in total. The summed E-state index contributed by atoms with van der Waals surface area (Å²) < 4.78 is 11.4. The fourth-order valence-corrected chi connectivity index (χ4v) is 2.66. The molecule has 0 spiro atoms. The maximum Gasteiger partial charge on any atom is 0.226 e. The third-order valence-electron chi connectivity index (χ3n) is 4.27. The van der Waals surface area contributed by atoms with Crippen LogP contribution in [0.3, 0.4) is 0 Å². The van der Waals surface area contributed by atoms with Crippen LogP contribution in [0.15, 0.2) is 34.9 Å². The van der Waals surface area contributed by atoms with Gasteiger partial charge in [0.1, 0.15) is 12.0 Å². The normalized spacial score (nSPS) is 12.3. The van der Waals surface area contributed by atoms with Crippen LogP contribution >= 0.6 is 0 Å². The predicted molar refractivity (Wildman–Crippen MR) is 103 cm³/mol. The lowest BCUT2D eigenvalue weighted by atomic mass is 10.1. The molecule has 0 saturated heterocycles. The van der Waals surface area contributed by atoms with Gasteiger partial charge in [0, 0.05) is 18.2 Å². The molecular weight excluding hydrogens is 312 g/mol. The molecule has 138 valence electrons. The van der Waals surface area contributed by atoms with Crippen LogP contribution in [-0.2, 0) is 6.54 Å². The van der Waals surface area contributed by atoms with Crippen molar-refractivity contribution in [3.05, 3.63) is 36.2 Å². The summed E-state index contributed by atoms with van der Waals surface area (Å²) >= 11 is 0.